The van der Waals surface area contributed by atoms with Crippen LogP contribution < -0.4 is 11.1 Å². The molecule has 4 aliphatic rings. The van der Waals surface area contributed by atoms with Crippen molar-refractivity contribution in [2.75, 3.05) is 19.6 Å². The van der Waals surface area contributed by atoms with Crippen molar-refractivity contribution in [2.24, 2.45) is 21.6 Å². The van der Waals surface area contributed by atoms with E-state index in [2.05, 4.69) is 71.4 Å². The third kappa shape index (κ3) is 4.45. The van der Waals surface area contributed by atoms with Crippen LogP contribution in [0.4, 0.5) is 0 Å². The summed E-state index contributed by atoms with van der Waals surface area (Å²) in [6.45, 7) is 7.62. The Labute approximate surface area is 207 Å². The fourth-order valence-corrected chi connectivity index (χ4v) is 5.18. The number of nitrogens with one attached hydrogen (secondary N) is 1. The molecule has 4 heterocycles. The van der Waals surface area contributed by atoms with E-state index in [4.69, 9.17) is 20.7 Å². The van der Waals surface area contributed by atoms with Gasteiger partial charge in [0.1, 0.15) is 5.82 Å². The Bertz CT molecular complexity index is 1240. The summed E-state index contributed by atoms with van der Waals surface area (Å²) in [6.07, 6.45) is 8.92. The maximum atomic E-state index is 6.17. The number of para-hydroxylation sites is 1. The molecule has 6 rings (SSSR count). The minimum Gasteiger partial charge on any atom is -0.342 e. The molecule has 35 heavy (non-hydrogen) atoms. The summed E-state index contributed by atoms with van der Waals surface area (Å²) in [7, 11) is 0. The van der Waals surface area contributed by atoms with Gasteiger partial charge in [-0.15, -0.1) is 0 Å². The van der Waals surface area contributed by atoms with Gasteiger partial charge in [0.15, 0.2) is 0 Å². The fraction of sp³-hybridized carbons (Fsp3) is 0.464. The van der Waals surface area contributed by atoms with Crippen LogP contribution in [0.2, 0.25) is 0 Å². The van der Waals surface area contributed by atoms with Gasteiger partial charge in [0.2, 0.25) is 11.9 Å². The Morgan fingerprint density at radius 1 is 1.11 bits per heavy atom. The highest BCUT2D eigenvalue weighted by atomic mass is 15.5. The lowest BCUT2D eigenvalue weighted by Gasteiger charge is -2.40. The van der Waals surface area contributed by atoms with Crippen LogP contribution in [0.3, 0.4) is 0 Å². The van der Waals surface area contributed by atoms with Gasteiger partial charge in [-0.25, -0.2) is 4.99 Å². The molecule has 0 bridgehead atoms. The maximum Gasteiger partial charge on any atom is 0.230 e. The van der Waals surface area contributed by atoms with Gasteiger partial charge in [-0.3, -0.25) is 9.88 Å². The van der Waals surface area contributed by atoms with Gasteiger partial charge in [0.05, 0.1) is 12.1 Å². The smallest absolute Gasteiger partial charge is 0.230 e. The van der Waals surface area contributed by atoms with Gasteiger partial charge >= 0.3 is 0 Å². The number of guanidine groups is 2. The SMILES string of the molecule is CC(C)C1=C2NC(N3CCC(N)CC3)=NC(=NCc3cccc4ccc(C5CC5)nc34)N2CC=C1. The Balaban J connectivity index is 1.37. The number of aliphatic imine (C=N–C) groups is 2. The van der Waals surface area contributed by atoms with Crippen LogP contribution in [0.15, 0.2) is 63.9 Å². The number of pyridine rings is 1. The number of aromatic nitrogens is 1. The van der Waals surface area contributed by atoms with Crippen molar-refractivity contribution in [3.63, 3.8) is 0 Å². The maximum absolute atomic E-state index is 6.17. The quantitative estimate of drug-likeness (QED) is 0.705. The first-order chi connectivity index (χ1) is 17.1. The van der Waals surface area contributed by atoms with E-state index in [1.165, 1.54) is 29.5 Å². The molecule has 1 aromatic carbocycles. The lowest BCUT2D eigenvalue weighted by atomic mass is 10.00. The van der Waals surface area contributed by atoms with E-state index in [0.717, 1.165) is 61.3 Å². The predicted molar refractivity (Wildman–Crippen MR) is 142 cm³/mol. The van der Waals surface area contributed by atoms with Crippen LogP contribution in [-0.2, 0) is 6.54 Å². The highest BCUT2D eigenvalue weighted by Crippen LogP contribution is 2.39. The van der Waals surface area contributed by atoms with E-state index in [1.54, 1.807) is 0 Å². The minimum atomic E-state index is 0.280. The molecule has 7 heteroatoms. The molecule has 2 fully saturated rings. The van der Waals surface area contributed by atoms with Gasteiger partial charge in [-0.05, 0) is 48.8 Å². The van der Waals surface area contributed by atoms with E-state index in [1.807, 2.05) is 0 Å². The number of piperidine rings is 1. The van der Waals surface area contributed by atoms with Crippen LogP contribution in [0, 0.1) is 5.92 Å². The van der Waals surface area contributed by atoms with Gasteiger partial charge < -0.3 is 16.0 Å². The summed E-state index contributed by atoms with van der Waals surface area (Å²) in [4.78, 5) is 19.7. The normalized spacial score (nSPS) is 22.2. The molecule has 0 spiro atoms. The van der Waals surface area contributed by atoms with Gasteiger partial charge in [-0.1, -0.05) is 50.3 Å². The second kappa shape index (κ2) is 9.11. The number of allylic oxidation sites excluding steroid dienone is 2. The van der Waals surface area contributed by atoms with Crippen molar-refractivity contribution >= 4 is 22.8 Å². The lowest BCUT2D eigenvalue weighted by molar-refractivity contribution is 0.302. The third-order valence-electron chi connectivity index (χ3n) is 7.48. The standard InChI is InChI=1S/C28H35N7/c1-18(2)23-7-4-14-35-26(23)32-28(34-15-12-22(29)13-16-34)33-27(35)30-17-21-6-3-5-20-10-11-24(19-8-9-19)31-25(20)21/h3-7,10-11,18-19,22H,8-9,12-17,29H2,1-2H3,(H,30,32,33). The van der Waals surface area contributed by atoms with Crippen molar-refractivity contribution in [1.29, 1.82) is 0 Å². The number of hydrogen-bond acceptors (Lipinski definition) is 5. The molecule has 7 nitrogen and oxygen atoms in total. The monoisotopic (exact) mass is 469 g/mol. The zero-order valence-corrected chi connectivity index (χ0v) is 20.7. The number of benzene rings is 1. The lowest BCUT2D eigenvalue weighted by Crippen LogP contribution is -2.54. The number of nitrogens with zero attached hydrogens (tertiary/aromatic N) is 5. The summed E-state index contributed by atoms with van der Waals surface area (Å²) in [5.41, 5.74) is 10.9. The number of nitrogens with two attached hydrogens (primary N) is 1. The first kappa shape index (κ1) is 22.3. The van der Waals surface area contributed by atoms with E-state index in [0.29, 0.717) is 18.4 Å². The molecule has 182 valence electrons. The third-order valence-corrected chi connectivity index (χ3v) is 7.48. The molecular formula is C28H35N7. The summed E-state index contributed by atoms with van der Waals surface area (Å²) in [6, 6.07) is 11.1. The van der Waals surface area contributed by atoms with Gasteiger partial charge in [0.25, 0.3) is 0 Å². The second-order valence-corrected chi connectivity index (χ2v) is 10.5. The number of rotatable bonds is 4. The number of likely N-dealkylation sites (tertiary alicyclic amines) is 1. The topological polar surface area (TPSA) is 82.1 Å². The van der Waals surface area contributed by atoms with Gasteiger partial charge in [-0.2, -0.15) is 4.99 Å². The highest BCUT2D eigenvalue weighted by molar-refractivity contribution is 6.00. The summed E-state index contributed by atoms with van der Waals surface area (Å²) in [5, 5.41) is 4.83. The largest absolute Gasteiger partial charge is 0.342 e. The van der Waals surface area contributed by atoms with Gasteiger partial charge in [0, 0.05) is 42.7 Å². The first-order valence-electron chi connectivity index (χ1n) is 13.0. The fourth-order valence-electron chi connectivity index (χ4n) is 5.18. The number of hydrogen-bond donors (Lipinski definition) is 2. The Kier molecular flexibility index (Phi) is 5.80. The molecule has 1 saturated carbocycles. The van der Waals surface area contributed by atoms with Crippen LogP contribution in [0.25, 0.3) is 10.9 Å². The van der Waals surface area contributed by atoms with Crippen LogP contribution >= 0.6 is 0 Å². The molecule has 1 aliphatic carbocycles. The van der Waals surface area contributed by atoms with E-state index in [9.17, 15) is 0 Å². The molecule has 0 atom stereocenters. The molecule has 2 aromatic rings. The molecule has 3 aliphatic heterocycles. The molecule has 3 N–H and O–H groups in total. The summed E-state index contributed by atoms with van der Waals surface area (Å²) < 4.78 is 0. The van der Waals surface area contributed by atoms with E-state index >= 15 is 0 Å². The predicted octanol–water partition coefficient (Wildman–Crippen LogP) is 4.09. The number of fused-ring (bicyclic) bond motifs is 2. The van der Waals surface area contributed by atoms with Crippen molar-refractivity contribution in [3.05, 3.63) is 65.1 Å². The van der Waals surface area contributed by atoms with Crippen LogP contribution in [0.1, 0.15) is 56.7 Å². The van der Waals surface area contributed by atoms with Crippen molar-refractivity contribution < 1.29 is 0 Å². The minimum absolute atomic E-state index is 0.280. The summed E-state index contributed by atoms with van der Waals surface area (Å²) >= 11 is 0. The Hall–Kier alpha value is -3.19. The van der Waals surface area contributed by atoms with Crippen molar-refractivity contribution in [3.8, 4) is 0 Å². The van der Waals surface area contributed by atoms with Crippen molar-refractivity contribution in [2.45, 2.75) is 58.0 Å². The molecule has 0 radical (unpaired) electrons. The zero-order chi connectivity index (χ0) is 23.9. The average Bonchev–Trinajstić information content (AvgIpc) is 3.72. The zero-order valence-electron chi connectivity index (χ0n) is 20.7. The van der Waals surface area contributed by atoms with E-state index in [-0.39, 0.29) is 6.04 Å². The molecule has 0 unspecified atom stereocenters. The molecule has 0 amide bonds. The molecule has 1 aromatic heterocycles. The highest BCUT2D eigenvalue weighted by Gasteiger charge is 2.31. The summed E-state index contributed by atoms with van der Waals surface area (Å²) in [5.74, 6) is 3.79. The Morgan fingerprint density at radius 3 is 2.71 bits per heavy atom. The molecule has 1 saturated heterocycles. The first-order valence-corrected chi connectivity index (χ1v) is 13.0. The van der Waals surface area contributed by atoms with E-state index < -0.39 is 0 Å². The van der Waals surface area contributed by atoms with Crippen LogP contribution in [-0.4, -0.2) is 52.4 Å². The molecular weight excluding hydrogens is 434 g/mol. The van der Waals surface area contributed by atoms with Crippen molar-refractivity contribution in [1.82, 2.24) is 20.1 Å². The van der Waals surface area contributed by atoms with Crippen LogP contribution in [0.5, 0.6) is 0 Å². The Morgan fingerprint density at radius 2 is 1.94 bits per heavy atom. The average molecular weight is 470 g/mol. The second-order valence-electron chi connectivity index (χ2n) is 10.5.